The van der Waals surface area contributed by atoms with Gasteiger partial charge in [0.1, 0.15) is 5.75 Å². The Morgan fingerprint density at radius 3 is 2.75 bits per heavy atom. The average Bonchev–Trinajstić information content (AvgIpc) is 2.55. The van der Waals surface area contributed by atoms with Crippen LogP contribution in [0.15, 0.2) is 18.2 Å². The second-order valence-electron chi connectivity index (χ2n) is 4.39. The number of nitrogens with two attached hydrogens (primary N) is 1. The molecule has 1 unspecified atom stereocenters. The molecule has 0 radical (unpaired) electrons. The lowest BCUT2D eigenvalue weighted by atomic mass is 10.0. The van der Waals surface area contributed by atoms with Gasteiger partial charge in [0.2, 0.25) is 0 Å². The number of ether oxygens (including phenoxy) is 1. The van der Waals surface area contributed by atoms with E-state index in [-0.39, 0.29) is 6.04 Å². The van der Waals surface area contributed by atoms with E-state index in [1.807, 2.05) is 6.92 Å². The molecule has 0 spiro atoms. The molecule has 86 valence electrons. The van der Waals surface area contributed by atoms with Gasteiger partial charge in [0, 0.05) is 22.6 Å². The third kappa shape index (κ3) is 2.04. The Kier molecular flexibility index (Phi) is 2.88. The molecular weight excluding hydrogens is 200 g/mol. The van der Waals surface area contributed by atoms with E-state index in [1.54, 1.807) is 7.11 Å². The molecule has 2 rings (SSSR count). The molecule has 0 aliphatic rings. The Bertz CT molecular complexity index is 500. The van der Waals surface area contributed by atoms with Crippen molar-refractivity contribution < 1.29 is 4.74 Å². The maximum absolute atomic E-state index is 5.83. The standard InChI is InChI=1S/C13H18N2O/c1-8(14)4-11-6-12-10(5-9(2)15-12)7-13(11)16-3/h5-8,15H,4,14H2,1-3H3. The van der Waals surface area contributed by atoms with Crippen molar-refractivity contribution in [1.29, 1.82) is 0 Å². The number of rotatable bonds is 3. The fraction of sp³-hybridized carbons (Fsp3) is 0.385. The number of aryl methyl sites for hydroxylation is 1. The summed E-state index contributed by atoms with van der Waals surface area (Å²) in [5.41, 5.74) is 9.30. The quantitative estimate of drug-likeness (QED) is 0.831. The van der Waals surface area contributed by atoms with Gasteiger partial charge in [0.05, 0.1) is 7.11 Å². The Labute approximate surface area is 95.6 Å². The van der Waals surface area contributed by atoms with Crippen molar-refractivity contribution in [2.75, 3.05) is 7.11 Å². The zero-order chi connectivity index (χ0) is 11.7. The van der Waals surface area contributed by atoms with Gasteiger partial charge in [0.15, 0.2) is 0 Å². The molecule has 0 fully saturated rings. The van der Waals surface area contributed by atoms with Crippen LogP contribution >= 0.6 is 0 Å². The summed E-state index contributed by atoms with van der Waals surface area (Å²) in [5.74, 6) is 0.920. The van der Waals surface area contributed by atoms with Crippen LogP contribution in [-0.4, -0.2) is 18.1 Å². The number of benzene rings is 1. The Morgan fingerprint density at radius 1 is 1.38 bits per heavy atom. The molecule has 0 amide bonds. The van der Waals surface area contributed by atoms with E-state index in [1.165, 1.54) is 5.39 Å². The molecule has 1 aromatic carbocycles. The lowest BCUT2D eigenvalue weighted by Gasteiger charge is -2.10. The third-order valence-corrected chi connectivity index (χ3v) is 2.70. The van der Waals surface area contributed by atoms with E-state index in [4.69, 9.17) is 10.5 Å². The topological polar surface area (TPSA) is 51.0 Å². The fourth-order valence-corrected chi connectivity index (χ4v) is 2.05. The summed E-state index contributed by atoms with van der Waals surface area (Å²) in [6.07, 6.45) is 0.831. The van der Waals surface area contributed by atoms with Crippen molar-refractivity contribution in [3.8, 4) is 5.75 Å². The average molecular weight is 218 g/mol. The Morgan fingerprint density at radius 2 is 2.12 bits per heavy atom. The van der Waals surface area contributed by atoms with Crippen LogP contribution in [0.5, 0.6) is 5.75 Å². The van der Waals surface area contributed by atoms with Gasteiger partial charge in [0.25, 0.3) is 0 Å². The van der Waals surface area contributed by atoms with E-state index >= 15 is 0 Å². The molecule has 0 aliphatic heterocycles. The normalized spacial score (nSPS) is 13.0. The van der Waals surface area contributed by atoms with Crippen LogP contribution in [0.25, 0.3) is 10.9 Å². The van der Waals surface area contributed by atoms with Crippen LogP contribution < -0.4 is 10.5 Å². The predicted molar refractivity (Wildman–Crippen MR) is 66.9 cm³/mol. The Hall–Kier alpha value is -1.48. The summed E-state index contributed by atoms with van der Waals surface area (Å²) in [4.78, 5) is 3.33. The number of aromatic nitrogens is 1. The van der Waals surface area contributed by atoms with Gasteiger partial charge in [-0.1, -0.05) is 0 Å². The summed E-state index contributed by atoms with van der Waals surface area (Å²) in [7, 11) is 1.70. The van der Waals surface area contributed by atoms with Crippen LogP contribution in [0.3, 0.4) is 0 Å². The van der Waals surface area contributed by atoms with Crippen molar-refractivity contribution in [3.63, 3.8) is 0 Å². The first-order valence-corrected chi connectivity index (χ1v) is 5.52. The van der Waals surface area contributed by atoms with Crippen molar-refractivity contribution in [3.05, 3.63) is 29.5 Å². The van der Waals surface area contributed by atoms with Crippen molar-refractivity contribution in [2.24, 2.45) is 5.73 Å². The van der Waals surface area contributed by atoms with Crippen LogP contribution in [0, 0.1) is 6.92 Å². The number of methoxy groups -OCH3 is 1. The molecule has 3 heteroatoms. The SMILES string of the molecule is COc1cc2cc(C)[nH]c2cc1CC(C)N. The Balaban J connectivity index is 2.53. The number of hydrogen-bond donors (Lipinski definition) is 2. The minimum Gasteiger partial charge on any atom is -0.496 e. The molecule has 0 aliphatic carbocycles. The minimum atomic E-state index is 0.141. The highest BCUT2D eigenvalue weighted by Crippen LogP contribution is 2.27. The molecule has 1 heterocycles. The van der Waals surface area contributed by atoms with Crippen molar-refractivity contribution in [2.45, 2.75) is 26.3 Å². The van der Waals surface area contributed by atoms with E-state index in [2.05, 4.69) is 30.1 Å². The summed E-state index contributed by atoms with van der Waals surface area (Å²) in [6, 6.07) is 6.46. The monoisotopic (exact) mass is 218 g/mol. The molecule has 0 bridgehead atoms. The fourth-order valence-electron chi connectivity index (χ4n) is 2.05. The van der Waals surface area contributed by atoms with E-state index in [0.717, 1.165) is 28.9 Å². The van der Waals surface area contributed by atoms with Crippen LogP contribution in [0.2, 0.25) is 0 Å². The smallest absolute Gasteiger partial charge is 0.122 e. The molecule has 0 saturated heterocycles. The number of hydrogen-bond acceptors (Lipinski definition) is 2. The first kappa shape index (κ1) is 11.0. The molecule has 16 heavy (non-hydrogen) atoms. The van der Waals surface area contributed by atoms with Gasteiger partial charge < -0.3 is 15.5 Å². The van der Waals surface area contributed by atoms with Crippen LogP contribution in [0.4, 0.5) is 0 Å². The van der Waals surface area contributed by atoms with E-state index < -0.39 is 0 Å². The summed E-state index contributed by atoms with van der Waals surface area (Å²) < 4.78 is 5.39. The zero-order valence-electron chi connectivity index (χ0n) is 10.0. The molecule has 1 atom stereocenters. The molecule has 0 saturated carbocycles. The largest absolute Gasteiger partial charge is 0.496 e. The van der Waals surface area contributed by atoms with Gasteiger partial charge in [-0.15, -0.1) is 0 Å². The van der Waals surface area contributed by atoms with Gasteiger partial charge in [-0.2, -0.15) is 0 Å². The third-order valence-electron chi connectivity index (χ3n) is 2.70. The second kappa shape index (κ2) is 4.18. The minimum absolute atomic E-state index is 0.141. The number of fused-ring (bicyclic) bond motifs is 1. The van der Waals surface area contributed by atoms with Gasteiger partial charge >= 0.3 is 0 Å². The highest BCUT2D eigenvalue weighted by Gasteiger charge is 2.08. The summed E-state index contributed by atoms with van der Waals surface area (Å²) >= 11 is 0. The molecular formula is C13H18N2O. The lowest BCUT2D eigenvalue weighted by molar-refractivity contribution is 0.409. The van der Waals surface area contributed by atoms with Crippen LogP contribution in [0.1, 0.15) is 18.2 Å². The van der Waals surface area contributed by atoms with Crippen molar-refractivity contribution >= 4 is 10.9 Å². The van der Waals surface area contributed by atoms with Gasteiger partial charge in [-0.25, -0.2) is 0 Å². The molecule has 3 nitrogen and oxygen atoms in total. The number of nitrogens with one attached hydrogen (secondary N) is 1. The zero-order valence-corrected chi connectivity index (χ0v) is 10.0. The van der Waals surface area contributed by atoms with E-state index in [0.29, 0.717) is 0 Å². The predicted octanol–water partition coefficient (Wildman–Crippen LogP) is 2.37. The van der Waals surface area contributed by atoms with Gasteiger partial charge in [-0.3, -0.25) is 0 Å². The number of aromatic amines is 1. The maximum Gasteiger partial charge on any atom is 0.122 e. The highest BCUT2D eigenvalue weighted by molar-refractivity contribution is 5.83. The first-order valence-electron chi connectivity index (χ1n) is 5.52. The summed E-state index contributed by atoms with van der Waals surface area (Å²) in [6.45, 7) is 4.06. The lowest BCUT2D eigenvalue weighted by Crippen LogP contribution is -2.18. The van der Waals surface area contributed by atoms with E-state index in [9.17, 15) is 0 Å². The summed E-state index contributed by atoms with van der Waals surface area (Å²) in [5, 5.41) is 1.18. The maximum atomic E-state index is 5.83. The van der Waals surface area contributed by atoms with Gasteiger partial charge in [-0.05, 0) is 44.0 Å². The first-order chi connectivity index (χ1) is 7.60. The highest BCUT2D eigenvalue weighted by atomic mass is 16.5. The number of H-pyrrole nitrogens is 1. The second-order valence-corrected chi connectivity index (χ2v) is 4.39. The van der Waals surface area contributed by atoms with Crippen LogP contribution in [-0.2, 0) is 6.42 Å². The molecule has 1 aromatic heterocycles. The van der Waals surface area contributed by atoms with Crippen molar-refractivity contribution in [1.82, 2.24) is 4.98 Å². The molecule has 2 aromatic rings. The molecule has 3 N–H and O–H groups in total.